The number of nitrogens with one attached hydrogen (secondary N) is 2. The highest BCUT2D eigenvalue weighted by molar-refractivity contribution is 5.78. The molecule has 0 aliphatic rings. The van der Waals surface area contributed by atoms with Crippen LogP contribution in [0.4, 0.5) is 5.82 Å². The lowest BCUT2D eigenvalue weighted by atomic mass is 9.97. The molecule has 1 amide bonds. The third-order valence-corrected chi connectivity index (χ3v) is 3.75. The standard InChI is InChI=1S/C20H25N5O2/c1-20(2,3)13-24-19-15(11-22-17(10-21)25-19)12-23-18(26)9-14-5-7-16(27-4)8-6-14/h5-8,11H,9,12-13H2,1-4H3,(H,23,26)(H,22,24,25). The van der Waals surface area contributed by atoms with Crippen molar-refractivity contribution in [3.8, 4) is 11.8 Å². The van der Waals surface area contributed by atoms with Gasteiger partial charge in [0.1, 0.15) is 17.6 Å². The lowest BCUT2D eigenvalue weighted by molar-refractivity contribution is -0.120. The Bertz CT molecular complexity index is 820. The number of ether oxygens (including phenoxy) is 1. The number of rotatable bonds is 7. The molecular formula is C20H25N5O2. The fraction of sp³-hybridized carbons (Fsp3) is 0.400. The van der Waals surface area contributed by atoms with Crippen molar-refractivity contribution >= 4 is 11.7 Å². The third kappa shape index (κ3) is 6.59. The van der Waals surface area contributed by atoms with Crippen molar-refractivity contribution in [1.82, 2.24) is 15.3 Å². The fourth-order valence-electron chi connectivity index (χ4n) is 2.28. The minimum Gasteiger partial charge on any atom is -0.497 e. The summed E-state index contributed by atoms with van der Waals surface area (Å²) in [5, 5.41) is 15.1. The van der Waals surface area contributed by atoms with Gasteiger partial charge in [-0.25, -0.2) is 9.97 Å². The quantitative estimate of drug-likeness (QED) is 0.780. The molecule has 2 N–H and O–H groups in total. The van der Waals surface area contributed by atoms with E-state index in [1.807, 2.05) is 30.3 Å². The van der Waals surface area contributed by atoms with Crippen LogP contribution < -0.4 is 15.4 Å². The number of carbonyl (C=O) groups excluding carboxylic acids is 1. The average Bonchev–Trinajstić information content (AvgIpc) is 2.65. The molecule has 142 valence electrons. The molecule has 0 aliphatic carbocycles. The summed E-state index contributed by atoms with van der Waals surface area (Å²) < 4.78 is 5.11. The summed E-state index contributed by atoms with van der Waals surface area (Å²) in [7, 11) is 1.60. The third-order valence-electron chi connectivity index (χ3n) is 3.75. The normalized spacial score (nSPS) is 10.8. The van der Waals surface area contributed by atoms with Gasteiger partial charge in [0.25, 0.3) is 0 Å². The highest BCUT2D eigenvalue weighted by Gasteiger charge is 2.14. The molecule has 0 saturated heterocycles. The van der Waals surface area contributed by atoms with Crippen LogP contribution in [0.1, 0.15) is 37.7 Å². The van der Waals surface area contributed by atoms with Crippen molar-refractivity contribution in [2.75, 3.05) is 19.0 Å². The van der Waals surface area contributed by atoms with Gasteiger partial charge in [0.2, 0.25) is 11.7 Å². The van der Waals surface area contributed by atoms with Gasteiger partial charge < -0.3 is 15.4 Å². The maximum Gasteiger partial charge on any atom is 0.234 e. The van der Waals surface area contributed by atoms with Crippen molar-refractivity contribution in [2.24, 2.45) is 5.41 Å². The number of anilines is 1. The number of benzene rings is 1. The van der Waals surface area contributed by atoms with E-state index in [0.29, 0.717) is 12.4 Å². The summed E-state index contributed by atoms with van der Waals surface area (Å²) in [4.78, 5) is 20.5. The number of hydrogen-bond acceptors (Lipinski definition) is 6. The smallest absolute Gasteiger partial charge is 0.234 e. The van der Waals surface area contributed by atoms with E-state index in [0.717, 1.165) is 16.9 Å². The Kier molecular flexibility index (Phi) is 6.72. The molecule has 1 heterocycles. The van der Waals surface area contributed by atoms with Crippen LogP contribution in [-0.4, -0.2) is 29.5 Å². The first-order valence-electron chi connectivity index (χ1n) is 8.70. The van der Waals surface area contributed by atoms with E-state index in [1.54, 1.807) is 13.3 Å². The molecule has 2 rings (SSSR count). The number of aromatic nitrogens is 2. The van der Waals surface area contributed by atoms with Crippen LogP contribution in [0, 0.1) is 16.7 Å². The number of methoxy groups -OCH3 is 1. The van der Waals surface area contributed by atoms with Gasteiger partial charge >= 0.3 is 0 Å². The average molecular weight is 367 g/mol. The van der Waals surface area contributed by atoms with Crippen LogP contribution in [-0.2, 0) is 17.8 Å². The molecule has 7 heteroatoms. The highest BCUT2D eigenvalue weighted by Crippen LogP contribution is 2.17. The van der Waals surface area contributed by atoms with Crippen molar-refractivity contribution in [1.29, 1.82) is 5.26 Å². The first kappa shape index (κ1) is 20.2. The molecule has 0 radical (unpaired) electrons. The van der Waals surface area contributed by atoms with Crippen molar-refractivity contribution in [3.05, 3.63) is 47.4 Å². The van der Waals surface area contributed by atoms with E-state index in [4.69, 9.17) is 10.00 Å². The van der Waals surface area contributed by atoms with Crippen LogP contribution in [0.15, 0.2) is 30.5 Å². The van der Waals surface area contributed by atoms with E-state index in [1.165, 1.54) is 0 Å². The summed E-state index contributed by atoms with van der Waals surface area (Å²) in [6.45, 7) is 7.27. The first-order chi connectivity index (χ1) is 12.8. The zero-order chi connectivity index (χ0) is 19.9. The molecule has 1 aromatic carbocycles. The molecule has 1 aromatic heterocycles. The number of nitrogens with zero attached hydrogens (tertiary/aromatic N) is 3. The second-order valence-corrected chi connectivity index (χ2v) is 7.40. The molecule has 7 nitrogen and oxygen atoms in total. The summed E-state index contributed by atoms with van der Waals surface area (Å²) >= 11 is 0. The molecule has 0 unspecified atom stereocenters. The molecule has 27 heavy (non-hydrogen) atoms. The summed E-state index contributed by atoms with van der Waals surface area (Å²) in [5.41, 5.74) is 1.68. The fourth-order valence-corrected chi connectivity index (χ4v) is 2.28. The highest BCUT2D eigenvalue weighted by atomic mass is 16.5. The Morgan fingerprint density at radius 1 is 1.26 bits per heavy atom. The van der Waals surface area contributed by atoms with Gasteiger partial charge in [0.15, 0.2) is 0 Å². The van der Waals surface area contributed by atoms with Gasteiger partial charge in [-0.05, 0) is 23.1 Å². The molecule has 0 saturated carbocycles. The van der Waals surface area contributed by atoms with Crippen LogP contribution in [0.2, 0.25) is 0 Å². The molecule has 2 aromatic rings. The Morgan fingerprint density at radius 2 is 1.96 bits per heavy atom. The zero-order valence-electron chi connectivity index (χ0n) is 16.2. The summed E-state index contributed by atoms with van der Waals surface area (Å²) in [6.07, 6.45) is 1.84. The summed E-state index contributed by atoms with van der Waals surface area (Å²) in [6, 6.07) is 9.31. The lowest BCUT2D eigenvalue weighted by Gasteiger charge is -2.20. The number of amides is 1. The number of hydrogen-bond donors (Lipinski definition) is 2. The second-order valence-electron chi connectivity index (χ2n) is 7.40. The lowest BCUT2D eigenvalue weighted by Crippen LogP contribution is -2.26. The van der Waals surface area contributed by atoms with Crippen LogP contribution in [0.5, 0.6) is 5.75 Å². The maximum absolute atomic E-state index is 12.2. The minimum atomic E-state index is -0.105. The van der Waals surface area contributed by atoms with Gasteiger partial charge in [-0.3, -0.25) is 4.79 Å². The van der Waals surface area contributed by atoms with Crippen molar-refractivity contribution in [2.45, 2.75) is 33.7 Å². The van der Waals surface area contributed by atoms with Crippen molar-refractivity contribution in [3.63, 3.8) is 0 Å². The van der Waals surface area contributed by atoms with Crippen LogP contribution in [0.3, 0.4) is 0 Å². The van der Waals surface area contributed by atoms with E-state index < -0.39 is 0 Å². The van der Waals surface area contributed by atoms with Crippen LogP contribution in [0.25, 0.3) is 0 Å². The van der Waals surface area contributed by atoms with E-state index >= 15 is 0 Å². The Labute approximate surface area is 159 Å². The second kappa shape index (κ2) is 8.99. The number of carbonyl (C=O) groups is 1. The van der Waals surface area contributed by atoms with Gasteiger partial charge in [-0.15, -0.1) is 0 Å². The van der Waals surface area contributed by atoms with Gasteiger partial charge in [-0.1, -0.05) is 32.9 Å². The predicted molar refractivity (Wildman–Crippen MR) is 103 cm³/mol. The molecular weight excluding hydrogens is 342 g/mol. The maximum atomic E-state index is 12.2. The Hall–Kier alpha value is -3.14. The minimum absolute atomic E-state index is 0.0483. The largest absolute Gasteiger partial charge is 0.497 e. The van der Waals surface area contributed by atoms with E-state index in [9.17, 15) is 4.79 Å². The van der Waals surface area contributed by atoms with Gasteiger partial charge in [0.05, 0.1) is 13.5 Å². The SMILES string of the molecule is COc1ccc(CC(=O)NCc2cnc(C#N)nc2NCC(C)(C)C)cc1. The molecule has 0 spiro atoms. The first-order valence-corrected chi connectivity index (χ1v) is 8.70. The molecule has 0 aliphatic heterocycles. The zero-order valence-corrected chi connectivity index (χ0v) is 16.2. The molecule has 0 bridgehead atoms. The topological polar surface area (TPSA) is 99.9 Å². The molecule has 0 fully saturated rings. The van der Waals surface area contributed by atoms with Crippen molar-refractivity contribution < 1.29 is 9.53 Å². The Morgan fingerprint density at radius 3 is 2.56 bits per heavy atom. The van der Waals surface area contributed by atoms with Crippen LogP contribution >= 0.6 is 0 Å². The monoisotopic (exact) mass is 367 g/mol. The van der Waals surface area contributed by atoms with E-state index in [2.05, 4.69) is 41.4 Å². The Balaban J connectivity index is 2.00. The predicted octanol–water partition coefficient (Wildman–Crippen LogP) is 2.67. The van der Waals surface area contributed by atoms with E-state index in [-0.39, 0.29) is 30.1 Å². The number of nitriles is 1. The summed E-state index contributed by atoms with van der Waals surface area (Å²) in [5.74, 6) is 1.32. The van der Waals surface area contributed by atoms with Gasteiger partial charge in [0, 0.05) is 24.8 Å². The van der Waals surface area contributed by atoms with Gasteiger partial charge in [-0.2, -0.15) is 5.26 Å². The molecule has 0 atom stereocenters.